The maximum Gasteiger partial charge on any atom is 0.261 e. The largest absolute Gasteiger partial charge is 0.496 e. The number of halogens is 3. The summed E-state index contributed by atoms with van der Waals surface area (Å²) in [5, 5.41) is 2.90. The average molecular weight is 442 g/mol. The molecular formula is C23H17F3N2O2S. The summed E-state index contributed by atoms with van der Waals surface area (Å²) < 4.78 is 47.2. The van der Waals surface area contributed by atoms with E-state index in [-0.39, 0.29) is 21.5 Å². The fourth-order valence-electron chi connectivity index (χ4n) is 3.43. The van der Waals surface area contributed by atoms with E-state index in [0.29, 0.717) is 22.4 Å². The summed E-state index contributed by atoms with van der Waals surface area (Å²) in [6.07, 6.45) is 1.37. The van der Waals surface area contributed by atoms with E-state index >= 15 is 0 Å². The Morgan fingerprint density at radius 1 is 1.06 bits per heavy atom. The van der Waals surface area contributed by atoms with E-state index in [1.54, 1.807) is 31.2 Å². The van der Waals surface area contributed by atoms with Crippen molar-refractivity contribution in [2.24, 2.45) is 0 Å². The van der Waals surface area contributed by atoms with Crippen LogP contribution in [0.25, 0.3) is 21.2 Å². The molecule has 4 aromatic rings. The maximum absolute atomic E-state index is 14.1. The summed E-state index contributed by atoms with van der Waals surface area (Å²) in [7, 11) is 1.51. The van der Waals surface area contributed by atoms with Crippen LogP contribution in [0.15, 0.2) is 48.7 Å². The van der Waals surface area contributed by atoms with Crippen molar-refractivity contribution < 1.29 is 22.7 Å². The number of aromatic nitrogens is 1. The molecule has 0 aliphatic heterocycles. The first kappa shape index (κ1) is 20.9. The van der Waals surface area contributed by atoms with E-state index in [0.717, 1.165) is 29.0 Å². The number of carbonyl (C=O) groups excluding carboxylic acids is 1. The number of thiophene rings is 1. The van der Waals surface area contributed by atoms with Gasteiger partial charge in [0.1, 0.15) is 17.4 Å². The molecule has 4 rings (SSSR count). The lowest BCUT2D eigenvalue weighted by Crippen LogP contribution is -2.22. The molecule has 0 aliphatic carbocycles. The lowest BCUT2D eigenvalue weighted by Gasteiger charge is -2.12. The average Bonchev–Trinajstić information content (AvgIpc) is 3.13. The highest BCUT2D eigenvalue weighted by Crippen LogP contribution is 2.34. The molecule has 2 heterocycles. The van der Waals surface area contributed by atoms with Crippen LogP contribution in [0.4, 0.5) is 13.2 Å². The zero-order chi connectivity index (χ0) is 22.1. The minimum Gasteiger partial charge on any atom is -0.496 e. The number of carbonyl (C=O) groups is 1. The molecule has 4 nitrogen and oxygen atoms in total. The Labute approximate surface area is 180 Å². The number of hydrogen-bond acceptors (Lipinski definition) is 4. The number of nitrogens with zero attached hydrogens (tertiary/aromatic N) is 1. The minimum atomic E-state index is -0.595. The third-order valence-corrected chi connectivity index (χ3v) is 6.26. The quantitative estimate of drug-likeness (QED) is 0.408. The van der Waals surface area contributed by atoms with Crippen molar-refractivity contribution >= 4 is 27.3 Å². The molecule has 1 amide bonds. The van der Waals surface area contributed by atoms with Crippen LogP contribution in [0.1, 0.15) is 20.8 Å². The number of hydrogen-bond donors (Lipinski definition) is 1. The second kappa shape index (κ2) is 8.39. The Hall–Kier alpha value is -3.39. The fourth-order valence-corrected chi connectivity index (χ4v) is 4.57. The Kier molecular flexibility index (Phi) is 5.65. The molecule has 0 saturated heterocycles. The van der Waals surface area contributed by atoms with Gasteiger partial charge in [-0.3, -0.25) is 4.79 Å². The highest BCUT2D eigenvalue weighted by atomic mass is 32.1. The molecule has 0 atom stereocenters. The van der Waals surface area contributed by atoms with Crippen molar-refractivity contribution in [3.05, 3.63) is 82.2 Å². The molecule has 8 heteroatoms. The number of ether oxygens (including phenoxy) is 1. The highest BCUT2D eigenvalue weighted by Gasteiger charge is 2.20. The summed E-state index contributed by atoms with van der Waals surface area (Å²) in [4.78, 5) is 16.6. The molecular weight excluding hydrogens is 425 g/mol. The summed E-state index contributed by atoms with van der Waals surface area (Å²) in [5.74, 6) is -1.63. The smallest absolute Gasteiger partial charge is 0.261 e. The van der Waals surface area contributed by atoms with Crippen molar-refractivity contribution in [2.45, 2.75) is 13.5 Å². The molecule has 0 aliphatic rings. The van der Waals surface area contributed by atoms with E-state index in [2.05, 4.69) is 10.3 Å². The number of fused-ring (bicyclic) bond motifs is 1. The molecule has 0 radical (unpaired) electrons. The standard InChI is InChI=1S/C23H17F3N2O2S/c1-12-20-16(24)4-5-17(25)22(20)31-21(12)23(29)28-11-15-9-13(3-6-18(15)30-2)14-7-8-27-19(26)10-14/h3-10H,11H2,1-2H3,(H,28,29). The minimum absolute atomic E-state index is 0.113. The van der Waals surface area contributed by atoms with Crippen LogP contribution >= 0.6 is 11.3 Å². The summed E-state index contributed by atoms with van der Waals surface area (Å²) in [6, 6.07) is 10.4. The van der Waals surface area contributed by atoms with Crippen molar-refractivity contribution in [3.8, 4) is 16.9 Å². The van der Waals surface area contributed by atoms with Crippen LogP contribution in [0.5, 0.6) is 5.75 Å². The third kappa shape index (κ3) is 3.98. The first-order valence-electron chi connectivity index (χ1n) is 9.33. The van der Waals surface area contributed by atoms with Gasteiger partial charge in [-0.2, -0.15) is 4.39 Å². The maximum atomic E-state index is 14.1. The zero-order valence-electron chi connectivity index (χ0n) is 16.6. The van der Waals surface area contributed by atoms with Crippen LogP contribution in [0, 0.1) is 24.5 Å². The Morgan fingerprint density at radius 3 is 2.52 bits per heavy atom. The Morgan fingerprint density at radius 2 is 1.81 bits per heavy atom. The van der Waals surface area contributed by atoms with E-state index in [1.807, 2.05) is 0 Å². The van der Waals surface area contributed by atoms with Crippen LogP contribution < -0.4 is 10.1 Å². The number of rotatable bonds is 5. The molecule has 0 unspecified atom stereocenters. The van der Waals surface area contributed by atoms with Gasteiger partial charge >= 0.3 is 0 Å². The van der Waals surface area contributed by atoms with E-state index in [4.69, 9.17) is 4.74 Å². The molecule has 2 aromatic heterocycles. The van der Waals surface area contributed by atoms with Crippen LogP contribution in [-0.4, -0.2) is 18.0 Å². The lowest BCUT2D eigenvalue weighted by atomic mass is 10.0. The number of pyridine rings is 1. The highest BCUT2D eigenvalue weighted by molar-refractivity contribution is 7.21. The van der Waals surface area contributed by atoms with Crippen LogP contribution in [-0.2, 0) is 6.54 Å². The van der Waals surface area contributed by atoms with Crippen LogP contribution in [0.3, 0.4) is 0 Å². The molecule has 0 spiro atoms. The van der Waals surface area contributed by atoms with Gasteiger partial charge in [0.15, 0.2) is 0 Å². The van der Waals surface area contributed by atoms with Crippen molar-refractivity contribution in [3.63, 3.8) is 0 Å². The van der Waals surface area contributed by atoms with Crippen molar-refractivity contribution in [1.29, 1.82) is 0 Å². The predicted octanol–water partition coefficient (Wildman–Crippen LogP) is 5.63. The number of amides is 1. The second-order valence-electron chi connectivity index (χ2n) is 6.87. The first-order chi connectivity index (χ1) is 14.9. The molecule has 1 N–H and O–H groups in total. The summed E-state index contributed by atoms with van der Waals surface area (Å²) in [6.45, 7) is 1.71. The van der Waals surface area contributed by atoms with Crippen LogP contribution in [0.2, 0.25) is 0 Å². The summed E-state index contributed by atoms with van der Waals surface area (Å²) >= 11 is 0.913. The van der Waals surface area contributed by atoms with Gasteiger partial charge in [-0.05, 0) is 53.9 Å². The lowest BCUT2D eigenvalue weighted by molar-refractivity contribution is 0.0954. The number of methoxy groups -OCH3 is 1. The first-order valence-corrected chi connectivity index (χ1v) is 10.1. The molecule has 31 heavy (non-hydrogen) atoms. The van der Waals surface area contributed by atoms with Gasteiger partial charge in [0.2, 0.25) is 5.95 Å². The molecule has 158 valence electrons. The number of nitrogens with one attached hydrogen (secondary N) is 1. The van der Waals surface area contributed by atoms with Gasteiger partial charge in [-0.1, -0.05) is 6.07 Å². The Balaban J connectivity index is 1.62. The number of benzene rings is 2. The second-order valence-corrected chi connectivity index (χ2v) is 7.89. The number of aryl methyl sites for hydroxylation is 1. The van der Waals surface area contributed by atoms with Crippen molar-refractivity contribution in [1.82, 2.24) is 10.3 Å². The summed E-state index contributed by atoms with van der Waals surface area (Å²) in [5.41, 5.74) is 2.42. The van der Waals surface area contributed by atoms with Gasteiger partial charge in [0, 0.05) is 29.8 Å². The normalized spacial score (nSPS) is 11.0. The fraction of sp³-hybridized carbons (Fsp3) is 0.130. The van der Waals surface area contributed by atoms with Gasteiger partial charge in [0.05, 0.1) is 16.7 Å². The zero-order valence-corrected chi connectivity index (χ0v) is 17.4. The van der Waals surface area contributed by atoms with Crippen molar-refractivity contribution in [2.75, 3.05) is 7.11 Å². The molecule has 0 saturated carbocycles. The SMILES string of the molecule is COc1ccc(-c2ccnc(F)c2)cc1CNC(=O)c1sc2c(F)ccc(F)c2c1C. The predicted molar refractivity (Wildman–Crippen MR) is 114 cm³/mol. The van der Waals surface area contributed by atoms with E-state index < -0.39 is 23.5 Å². The van der Waals surface area contributed by atoms with Gasteiger partial charge in [-0.25, -0.2) is 13.8 Å². The van der Waals surface area contributed by atoms with Gasteiger partial charge in [0.25, 0.3) is 5.91 Å². The topological polar surface area (TPSA) is 51.2 Å². The monoisotopic (exact) mass is 442 g/mol. The van der Waals surface area contributed by atoms with E-state index in [9.17, 15) is 18.0 Å². The third-order valence-electron chi connectivity index (χ3n) is 4.96. The molecule has 0 bridgehead atoms. The van der Waals surface area contributed by atoms with E-state index in [1.165, 1.54) is 19.4 Å². The van der Waals surface area contributed by atoms with Gasteiger partial charge < -0.3 is 10.1 Å². The van der Waals surface area contributed by atoms with Gasteiger partial charge in [-0.15, -0.1) is 11.3 Å². The molecule has 0 fully saturated rings. The Bertz CT molecular complexity index is 1300. The molecule has 2 aromatic carbocycles.